The van der Waals surface area contributed by atoms with Crippen molar-refractivity contribution in [2.24, 2.45) is 0 Å². The SMILES string of the molecule is CC(C)Oc1cncc(NCC(O)COc2ccccc2C(C)C)n1. The van der Waals surface area contributed by atoms with Crippen molar-refractivity contribution in [2.75, 3.05) is 18.5 Å². The first kappa shape index (κ1) is 19.0. The smallest absolute Gasteiger partial charge is 0.234 e. The van der Waals surface area contributed by atoms with Crippen LogP contribution in [0.5, 0.6) is 11.6 Å². The zero-order valence-corrected chi connectivity index (χ0v) is 15.3. The van der Waals surface area contributed by atoms with Crippen molar-refractivity contribution in [3.05, 3.63) is 42.2 Å². The summed E-state index contributed by atoms with van der Waals surface area (Å²) in [6, 6.07) is 7.89. The van der Waals surface area contributed by atoms with Crippen LogP contribution >= 0.6 is 0 Å². The zero-order chi connectivity index (χ0) is 18.2. The molecule has 2 rings (SSSR count). The number of nitrogens with one attached hydrogen (secondary N) is 1. The Morgan fingerprint density at radius 3 is 2.60 bits per heavy atom. The van der Waals surface area contributed by atoms with Gasteiger partial charge in [0.05, 0.1) is 18.5 Å². The van der Waals surface area contributed by atoms with Crippen LogP contribution in [0.1, 0.15) is 39.2 Å². The predicted molar refractivity (Wildman–Crippen MR) is 98.3 cm³/mol. The van der Waals surface area contributed by atoms with E-state index in [9.17, 15) is 5.11 Å². The number of aromatic nitrogens is 2. The summed E-state index contributed by atoms with van der Waals surface area (Å²) in [6.07, 6.45) is 2.52. The van der Waals surface area contributed by atoms with Crippen LogP contribution in [0.25, 0.3) is 0 Å². The molecule has 0 bridgehead atoms. The molecule has 0 amide bonds. The monoisotopic (exact) mass is 345 g/mol. The largest absolute Gasteiger partial charge is 0.491 e. The highest BCUT2D eigenvalue weighted by atomic mass is 16.5. The summed E-state index contributed by atoms with van der Waals surface area (Å²) in [7, 11) is 0. The fourth-order valence-corrected chi connectivity index (χ4v) is 2.29. The van der Waals surface area contributed by atoms with Crippen molar-refractivity contribution < 1.29 is 14.6 Å². The molecule has 0 saturated heterocycles. The number of ether oxygens (including phenoxy) is 2. The number of anilines is 1. The highest BCUT2D eigenvalue weighted by Gasteiger charge is 2.11. The van der Waals surface area contributed by atoms with Gasteiger partial charge in [-0.1, -0.05) is 32.0 Å². The van der Waals surface area contributed by atoms with E-state index in [-0.39, 0.29) is 12.7 Å². The number of para-hydroxylation sites is 1. The lowest BCUT2D eigenvalue weighted by atomic mass is 10.0. The van der Waals surface area contributed by atoms with E-state index in [2.05, 4.69) is 29.1 Å². The van der Waals surface area contributed by atoms with Crippen molar-refractivity contribution in [1.82, 2.24) is 9.97 Å². The number of nitrogens with zero attached hydrogens (tertiary/aromatic N) is 2. The molecule has 0 spiro atoms. The molecule has 1 heterocycles. The van der Waals surface area contributed by atoms with Gasteiger partial charge in [-0.15, -0.1) is 0 Å². The quantitative estimate of drug-likeness (QED) is 0.726. The third-order valence-corrected chi connectivity index (χ3v) is 3.46. The first-order chi connectivity index (χ1) is 12.0. The lowest BCUT2D eigenvalue weighted by Crippen LogP contribution is -2.27. The molecular formula is C19H27N3O3. The molecule has 0 saturated carbocycles. The van der Waals surface area contributed by atoms with Crippen LogP contribution in [0.3, 0.4) is 0 Å². The van der Waals surface area contributed by atoms with Gasteiger partial charge in [-0.2, -0.15) is 4.98 Å². The molecule has 136 valence electrons. The van der Waals surface area contributed by atoms with Crippen LogP contribution in [0.4, 0.5) is 5.82 Å². The molecule has 1 aromatic heterocycles. The molecule has 2 N–H and O–H groups in total. The molecule has 1 aromatic carbocycles. The zero-order valence-electron chi connectivity index (χ0n) is 15.3. The van der Waals surface area contributed by atoms with Gasteiger partial charge in [-0.25, -0.2) is 0 Å². The van der Waals surface area contributed by atoms with E-state index in [0.717, 1.165) is 11.3 Å². The van der Waals surface area contributed by atoms with E-state index in [1.54, 1.807) is 12.4 Å². The molecule has 0 radical (unpaired) electrons. The molecule has 25 heavy (non-hydrogen) atoms. The van der Waals surface area contributed by atoms with Gasteiger partial charge in [0.2, 0.25) is 5.88 Å². The van der Waals surface area contributed by atoms with Gasteiger partial charge in [0.25, 0.3) is 0 Å². The lowest BCUT2D eigenvalue weighted by Gasteiger charge is -2.17. The third kappa shape index (κ3) is 6.23. The highest BCUT2D eigenvalue weighted by Crippen LogP contribution is 2.25. The second kappa shape index (κ2) is 9.22. The van der Waals surface area contributed by atoms with Crippen molar-refractivity contribution in [3.8, 4) is 11.6 Å². The molecule has 0 aliphatic rings. The maximum Gasteiger partial charge on any atom is 0.234 e. The average Bonchev–Trinajstić information content (AvgIpc) is 2.58. The normalized spacial score (nSPS) is 12.3. The summed E-state index contributed by atoms with van der Waals surface area (Å²) in [4.78, 5) is 8.37. The van der Waals surface area contributed by atoms with Crippen LogP contribution in [0.15, 0.2) is 36.7 Å². The van der Waals surface area contributed by atoms with Gasteiger partial charge in [0.15, 0.2) is 0 Å². The molecule has 0 aliphatic heterocycles. The maximum atomic E-state index is 10.1. The molecule has 1 atom stereocenters. The summed E-state index contributed by atoms with van der Waals surface area (Å²) in [5.41, 5.74) is 1.13. The van der Waals surface area contributed by atoms with Gasteiger partial charge in [0.1, 0.15) is 24.3 Å². The van der Waals surface area contributed by atoms with Gasteiger partial charge >= 0.3 is 0 Å². The van der Waals surface area contributed by atoms with Crippen LogP contribution < -0.4 is 14.8 Å². The summed E-state index contributed by atoms with van der Waals surface area (Å²) in [5, 5.41) is 13.2. The number of hydrogen-bond donors (Lipinski definition) is 2. The Bertz CT molecular complexity index is 662. The number of aliphatic hydroxyl groups is 1. The number of hydrogen-bond acceptors (Lipinski definition) is 6. The van der Waals surface area contributed by atoms with E-state index in [0.29, 0.717) is 24.2 Å². The summed E-state index contributed by atoms with van der Waals surface area (Å²) >= 11 is 0. The standard InChI is InChI=1S/C19H27N3O3/c1-13(2)16-7-5-6-8-17(16)24-12-15(23)9-21-18-10-20-11-19(22-18)25-14(3)4/h5-8,10-11,13-15,23H,9,12H2,1-4H3,(H,21,22). The fourth-order valence-electron chi connectivity index (χ4n) is 2.29. The minimum Gasteiger partial charge on any atom is -0.491 e. The second-order valence-corrected chi connectivity index (χ2v) is 6.45. The fraction of sp³-hybridized carbons (Fsp3) is 0.474. The molecule has 6 nitrogen and oxygen atoms in total. The Morgan fingerprint density at radius 2 is 1.88 bits per heavy atom. The Labute approximate surface area is 149 Å². The first-order valence-corrected chi connectivity index (χ1v) is 8.58. The summed E-state index contributed by atoms with van der Waals surface area (Å²) < 4.78 is 11.3. The Kier molecular flexibility index (Phi) is 7.01. The summed E-state index contributed by atoms with van der Waals surface area (Å²) in [5.74, 6) is 2.19. The first-order valence-electron chi connectivity index (χ1n) is 8.58. The molecule has 1 unspecified atom stereocenters. The van der Waals surface area contributed by atoms with E-state index >= 15 is 0 Å². The van der Waals surface area contributed by atoms with Gasteiger partial charge < -0.3 is 19.9 Å². The van der Waals surface area contributed by atoms with E-state index in [1.807, 2.05) is 38.1 Å². The van der Waals surface area contributed by atoms with Crippen LogP contribution in [0, 0.1) is 0 Å². The molecule has 6 heteroatoms. The number of rotatable bonds is 9. The van der Waals surface area contributed by atoms with Crippen molar-refractivity contribution in [2.45, 2.75) is 45.8 Å². The third-order valence-electron chi connectivity index (χ3n) is 3.46. The Balaban J connectivity index is 1.84. The highest BCUT2D eigenvalue weighted by molar-refractivity contribution is 5.36. The van der Waals surface area contributed by atoms with E-state index < -0.39 is 6.10 Å². The van der Waals surface area contributed by atoms with E-state index in [1.165, 1.54) is 0 Å². The van der Waals surface area contributed by atoms with Crippen LogP contribution in [-0.4, -0.2) is 40.4 Å². The van der Waals surface area contributed by atoms with Crippen LogP contribution in [0.2, 0.25) is 0 Å². The number of benzene rings is 1. The Hall–Kier alpha value is -2.34. The van der Waals surface area contributed by atoms with Crippen LogP contribution in [-0.2, 0) is 0 Å². The lowest BCUT2D eigenvalue weighted by molar-refractivity contribution is 0.116. The predicted octanol–water partition coefficient (Wildman–Crippen LogP) is 3.24. The van der Waals surface area contributed by atoms with Crippen molar-refractivity contribution in [3.63, 3.8) is 0 Å². The van der Waals surface area contributed by atoms with Gasteiger partial charge in [0, 0.05) is 6.54 Å². The maximum absolute atomic E-state index is 10.1. The Morgan fingerprint density at radius 1 is 1.12 bits per heavy atom. The summed E-state index contributed by atoms with van der Waals surface area (Å²) in [6.45, 7) is 8.60. The van der Waals surface area contributed by atoms with Crippen molar-refractivity contribution >= 4 is 5.82 Å². The minimum absolute atomic E-state index is 0.0320. The molecular weight excluding hydrogens is 318 g/mol. The second-order valence-electron chi connectivity index (χ2n) is 6.45. The minimum atomic E-state index is -0.670. The molecule has 2 aromatic rings. The van der Waals surface area contributed by atoms with Gasteiger partial charge in [-0.3, -0.25) is 4.98 Å². The average molecular weight is 345 g/mol. The molecule has 0 aliphatic carbocycles. The molecule has 0 fully saturated rings. The number of aliphatic hydroxyl groups excluding tert-OH is 1. The van der Waals surface area contributed by atoms with E-state index in [4.69, 9.17) is 9.47 Å². The van der Waals surface area contributed by atoms with Crippen molar-refractivity contribution in [1.29, 1.82) is 0 Å². The van der Waals surface area contributed by atoms with Gasteiger partial charge in [-0.05, 0) is 31.4 Å². The topological polar surface area (TPSA) is 76.5 Å².